The molecule has 1 aromatic heterocycles. The van der Waals surface area contributed by atoms with E-state index in [1.165, 1.54) is 0 Å². The van der Waals surface area contributed by atoms with Gasteiger partial charge in [0.2, 0.25) is 5.16 Å². The number of thioether (sulfide) groups is 1. The highest BCUT2D eigenvalue weighted by atomic mass is 32.2. The average molecular weight is 375 g/mol. The number of amides is 1. The Bertz CT molecular complexity index is 824. The molecule has 26 heavy (non-hydrogen) atoms. The van der Waals surface area contributed by atoms with E-state index in [9.17, 15) is 4.79 Å². The molecule has 0 unspecified atom stereocenters. The molecular weight excluding hydrogens is 354 g/mol. The SMILES string of the molecule is COc1ccc(C2=Nn3c(CNC(=O)OC(C)(C)C)nnc3SC2)cc1. The molecule has 1 aliphatic rings. The quantitative estimate of drug-likeness (QED) is 0.883. The second kappa shape index (κ2) is 7.36. The molecular formula is C17H21N5O3S. The number of ether oxygens (including phenoxy) is 2. The second-order valence-corrected chi connectivity index (χ2v) is 7.57. The summed E-state index contributed by atoms with van der Waals surface area (Å²) in [6, 6.07) is 7.72. The third-order valence-corrected chi connectivity index (χ3v) is 4.38. The van der Waals surface area contributed by atoms with E-state index in [0.29, 0.717) is 16.7 Å². The Morgan fingerprint density at radius 3 is 2.65 bits per heavy atom. The predicted octanol–water partition coefficient (Wildman–Crippen LogP) is 2.67. The number of nitrogens with zero attached hydrogens (tertiary/aromatic N) is 4. The number of carbonyl (C=O) groups is 1. The summed E-state index contributed by atoms with van der Waals surface area (Å²) >= 11 is 1.55. The smallest absolute Gasteiger partial charge is 0.408 e. The highest BCUT2D eigenvalue weighted by Gasteiger charge is 2.21. The Morgan fingerprint density at radius 1 is 1.27 bits per heavy atom. The number of rotatable bonds is 4. The minimum atomic E-state index is -0.552. The first-order valence-corrected chi connectivity index (χ1v) is 9.10. The molecule has 3 rings (SSSR count). The zero-order valence-electron chi connectivity index (χ0n) is 15.1. The summed E-state index contributed by atoms with van der Waals surface area (Å²) < 4.78 is 12.1. The fraction of sp³-hybridized carbons (Fsp3) is 0.412. The number of methoxy groups -OCH3 is 1. The zero-order valence-corrected chi connectivity index (χ0v) is 16.0. The molecule has 1 aromatic carbocycles. The predicted molar refractivity (Wildman–Crippen MR) is 98.7 cm³/mol. The fourth-order valence-corrected chi connectivity index (χ4v) is 3.13. The fourth-order valence-electron chi connectivity index (χ4n) is 2.27. The van der Waals surface area contributed by atoms with E-state index >= 15 is 0 Å². The Hall–Kier alpha value is -2.55. The van der Waals surface area contributed by atoms with E-state index in [1.54, 1.807) is 23.5 Å². The van der Waals surface area contributed by atoms with Gasteiger partial charge < -0.3 is 14.8 Å². The minimum Gasteiger partial charge on any atom is -0.497 e. The summed E-state index contributed by atoms with van der Waals surface area (Å²) in [6.45, 7) is 5.62. The van der Waals surface area contributed by atoms with Gasteiger partial charge in [-0.3, -0.25) is 0 Å². The van der Waals surface area contributed by atoms with Crippen molar-refractivity contribution >= 4 is 23.6 Å². The Kier molecular flexibility index (Phi) is 5.17. The maximum atomic E-state index is 11.8. The van der Waals surface area contributed by atoms with Gasteiger partial charge in [-0.1, -0.05) is 11.8 Å². The summed E-state index contributed by atoms with van der Waals surface area (Å²) in [5.41, 5.74) is 1.36. The highest BCUT2D eigenvalue weighted by molar-refractivity contribution is 7.99. The maximum Gasteiger partial charge on any atom is 0.408 e. The summed E-state index contributed by atoms with van der Waals surface area (Å²) in [5, 5.41) is 16.3. The van der Waals surface area contributed by atoms with Crippen LogP contribution in [0.4, 0.5) is 4.79 Å². The van der Waals surface area contributed by atoms with Crippen molar-refractivity contribution in [2.75, 3.05) is 12.9 Å². The Balaban J connectivity index is 1.74. The third kappa shape index (κ3) is 4.34. The molecule has 0 saturated heterocycles. The standard InChI is InChI=1S/C17H21N5O3S/c1-17(2,3)25-16(23)18-9-14-19-20-15-22(14)21-13(10-26-15)11-5-7-12(24-4)8-6-11/h5-8H,9-10H2,1-4H3,(H,18,23). The van der Waals surface area contributed by atoms with Gasteiger partial charge in [0.15, 0.2) is 5.82 Å². The van der Waals surface area contributed by atoms with E-state index in [4.69, 9.17) is 9.47 Å². The average Bonchev–Trinajstić information content (AvgIpc) is 3.01. The summed E-state index contributed by atoms with van der Waals surface area (Å²) in [5.74, 6) is 2.04. The summed E-state index contributed by atoms with van der Waals surface area (Å²) in [7, 11) is 1.64. The lowest BCUT2D eigenvalue weighted by atomic mass is 10.1. The molecule has 0 bridgehead atoms. The molecule has 0 saturated carbocycles. The van der Waals surface area contributed by atoms with Crippen LogP contribution < -0.4 is 10.1 Å². The molecule has 1 aliphatic heterocycles. The van der Waals surface area contributed by atoms with E-state index in [-0.39, 0.29) is 6.54 Å². The number of benzene rings is 1. The normalized spacial score (nSPS) is 13.6. The molecule has 9 heteroatoms. The highest BCUT2D eigenvalue weighted by Crippen LogP contribution is 2.24. The van der Waals surface area contributed by atoms with Crippen molar-refractivity contribution in [3.05, 3.63) is 35.7 Å². The van der Waals surface area contributed by atoms with Gasteiger partial charge in [-0.05, 0) is 50.6 Å². The lowest BCUT2D eigenvalue weighted by Crippen LogP contribution is -2.32. The van der Waals surface area contributed by atoms with Crippen LogP contribution in [0.1, 0.15) is 32.2 Å². The van der Waals surface area contributed by atoms with Crippen molar-refractivity contribution in [1.82, 2.24) is 20.2 Å². The molecule has 0 atom stereocenters. The first-order chi connectivity index (χ1) is 12.4. The monoisotopic (exact) mass is 375 g/mol. The second-order valence-electron chi connectivity index (χ2n) is 6.63. The number of hydrogen-bond donors (Lipinski definition) is 1. The molecule has 2 heterocycles. The number of nitrogens with one attached hydrogen (secondary N) is 1. The maximum absolute atomic E-state index is 11.8. The van der Waals surface area contributed by atoms with Crippen molar-refractivity contribution in [3.8, 4) is 5.75 Å². The molecule has 8 nitrogen and oxygen atoms in total. The van der Waals surface area contributed by atoms with E-state index in [1.807, 2.05) is 45.0 Å². The molecule has 1 N–H and O–H groups in total. The molecule has 0 radical (unpaired) electrons. The first kappa shape index (κ1) is 18.2. The van der Waals surface area contributed by atoms with Crippen LogP contribution in [-0.4, -0.2) is 45.1 Å². The van der Waals surface area contributed by atoms with E-state index in [0.717, 1.165) is 17.0 Å². The van der Waals surface area contributed by atoms with Crippen molar-refractivity contribution in [3.63, 3.8) is 0 Å². The van der Waals surface area contributed by atoms with Gasteiger partial charge >= 0.3 is 6.09 Å². The van der Waals surface area contributed by atoms with Crippen LogP contribution in [0.25, 0.3) is 0 Å². The van der Waals surface area contributed by atoms with E-state index < -0.39 is 11.7 Å². The van der Waals surface area contributed by atoms with Crippen LogP contribution in [0, 0.1) is 0 Å². The van der Waals surface area contributed by atoms with Gasteiger partial charge in [-0.25, -0.2) is 4.79 Å². The molecule has 0 spiro atoms. The molecule has 0 fully saturated rings. The van der Waals surface area contributed by atoms with Crippen LogP contribution in [0.15, 0.2) is 34.5 Å². The van der Waals surface area contributed by atoms with Gasteiger partial charge in [0.05, 0.1) is 19.4 Å². The lowest BCUT2D eigenvalue weighted by Gasteiger charge is -2.19. The van der Waals surface area contributed by atoms with Crippen LogP contribution in [0.3, 0.4) is 0 Å². The Morgan fingerprint density at radius 2 is 2.00 bits per heavy atom. The van der Waals surface area contributed by atoms with Crippen LogP contribution in [-0.2, 0) is 11.3 Å². The largest absolute Gasteiger partial charge is 0.497 e. The molecule has 2 aromatic rings. The number of carbonyl (C=O) groups excluding carboxylic acids is 1. The van der Waals surface area contributed by atoms with Gasteiger partial charge in [-0.15, -0.1) is 10.2 Å². The topological polar surface area (TPSA) is 90.6 Å². The molecule has 1 amide bonds. The van der Waals surface area contributed by atoms with Gasteiger partial charge in [0, 0.05) is 5.75 Å². The van der Waals surface area contributed by atoms with E-state index in [2.05, 4.69) is 20.6 Å². The summed E-state index contributed by atoms with van der Waals surface area (Å²) in [6.07, 6.45) is -0.502. The van der Waals surface area contributed by atoms with Gasteiger partial charge in [0.25, 0.3) is 0 Å². The van der Waals surface area contributed by atoms with Crippen molar-refractivity contribution in [1.29, 1.82) is 0 Å². The molecule has 138 valence electrons. The van der Waals surface area contributed by atoms with Crippen LogP contribution >= 0.6 is 11.8 Å². The van der Waals surface area contributed by atoms with Crippen LogP contribution in [0.2, 0.25) is 0 Å². The van der Waals surface area contributed by atoms with Crippen molar-refractivity contribution in [2.24, 2.45) is 5.10 Å². The number of hydrogen-bond acceptors (Lipinski definition) is 7. The van der Waals surface area contributed by atoms with Gasteiger partial charge in [0.1, 0.15) is 11.4 Å². The van der Waals surface area contributed by atoms with Crippen molar-refractivity contribution < 1.29 is 14.3 Å². The van der Waals surface area contributed by atoms with Crippen LogP contribution in [0.5, 0.6) is 5.75 Å². The minimum absolute atomic E-state index is 0.182. The van der Waals surface area contributed by atoms with Crippen molar-refractivity contribution in [2.45, 2.75) is 38.1 Å². The summed E-state index contributed by atoms with van der Waals surface area (Å²) in [4.78, 5) is 11.8. The third-order valence-electron chi connectivity index (χ3n) is 3.45. The number of fused-ring (bicyclic) bond motifs is 1. The lowest BCUT2D eigenvalue weighted by molar-refractivity contribution is 0.0521. The first-order valence-electron chi connectivity index (χ1n) is 8.12. The van der Waals surface area contributed by atoms with Gasteiger partial charge in [-0.2, -0.15) is 9.78 Å². The number of aromatic nitrogens is 3. The number of alkyl carbamates (subject to hydrolysis) is 1. The molecule has 0 aliphatic carbocycles. The Labute approximate surface area is 156 Å². The zero-order chi connectivity index (χ0) is 18.7.